The lowest BCUT2D eigenvalue weighted by Gasteiger charge is -2.18. The van der Waals surface area contributed by atoms with E-state index in [4.69, 9.17) is 10.00 Å². The molecule has 0 aromatic heterocycles. The summed E-state index contributed by atoms with van der Waals surface area (Å²) in [6.07, 6.45) is 2.12. The first-order valence-electron chi connectivity index (χ1n) is 5.33. The molecule has 1 aromatic carbocycles. The van der Waals surface area contributed by atoms with E-state index in [0.717, 1.165) is 22.6 Å². The second-order valence-corrected chi connectivity index (χ2v) is 4.19. The zero-order valence-electron chi connectivity index (χ0n) is 10.5. The lowest BCUT2D eigenvalue weighted by atomic mass is 9.99. The van der Waals surface area contributed by atoms with Crippen LogP contribution in [0.15, 0.2) is 12.1 Å². The van der Waals surface area contributed by atoms with E-state index in [1.165, 1.54) is 0 Å². The second-order valence-electron chi connectivity index (χ2n) is 4.19. The van der Waals surface area contributed by atoms with Crippen LogP contribution in [0.3, 0.4) is 0 Å². The van der Waals surface area contributed by atoms with Gasteiger partial charge in [-0.2, -0.15) is 5.26 Å². The maximum atomic E-state index is 8.91. The molecule has 1 aromatic rings. The quantitative estimate of drug-likeness (QED) is 0.578. The van der Waals surface area contributed by atoms with E-state index < -0.39 is 0 Å². The van der Waals surface area contributed by atoms with Crippen LogP contribution in [0.4, 0.5) is 5.69 Å². The Balaban J connectivity index is 3.34. The molecule has 0 fully saturated rings. The fourth-order valence-corrected chi connectivity index (χ4v) is 1.73. The van der Waals surface area contributed by atoms with Crippen molar-refractivity contribution in [2.75, 3.05) is 19.1 Å². The zero-order valence-corrected chi connectivity index (χ0v) is 10.5. The second kappa shape index (κ2) is 4.89. The van der Waals surface area contributed by atoms with Crippen LogP contribution in [0.25, 0.3) is 0 Å². The molecule has 1 rings (SSSR count). The van der Waals surface area contributed by atoms with Gasteiger partial charge in [0.1, 0.15) is 5.75 Å². The zero-order chi connectivity index (χ0) is 12.3. The molecule has 0 atom stereocenters. The van der Waals surface area contributed by atoms with Gasteiger partial charge in [-0.3, -0.25) is 4.90 Å². The van der Waals surface area contributed by atoms with Crippen molar-refractivity contribution in [2.24, 2.45) is 0 Å². The van der Waals surface area contributed by atoms with E-state index in [-0.39, 0.29) is 0 Å². The van der Waals surface area contributed by atoms with Crippen LogP contribution in [0, 0.1) is 18.4 Å². The molecule has 86 valence electrons. The maximum absolute atomic E-state index is 8.91. The molecule has 0 aliphatic carbocycles. The average molecular weight is 218 g/mol. The van der Waals surface area contributed by atoms with Crippen molar-refractivity contribution in [3.63, 3.8) is 0 Å². The predicted molar refractivity (Wildman–Crippen MR) is 65.8 cm³/mol. The molecule has 0 heterocycles. The molecule has 0 aliphatic heterocycles. The van der Waals surface area contributed by atoms with E-state index in [1.807, 2.05) is 19.1 Å². The Morgan fingerprint density at radius 1 is 1.38 bits per heavy atom. The smallest absolute Gasteiger partial charge is 0.184 e. The number of hydrogen-bond acceptors (Lipinski definition) is 3. The molecule has 0 amide bonds. The largest absolute Gasteiger partial charge is 0.496 e. The Morgan fingerprint density at radius 3 is 2.44 bits per heavy atom. The van der Waals surface area contributed by atoms with E-state index >= 15 is 0 Å². The van der Waals surface area contributed by atoms with E-state index in [0.29, 0.717) is 5.92 Å². The number of nitriles is 1. The minimum Gasteiger partial charge on any atom is -0.496 e. The third-order valence-electron chi connectivity index (χ3n) is 2.68. The Labute approximate surface area is 97.3 Å². The molecule has 0 aliphatic rings. The molecule has 0 N–H and O–H groups in total. The van der Waals surface area contributed by atoms with Crippen LogP contribution in [-0.2, 0) is 0 Å². The van der Waals surface area contributed by atoms with E-state index in [9.17, 15) is 0 Å². The summed E-state index contributed by atoms with van der Waals surface area (Å²) in [6, 6.07) is 4.01. The minimum atomic E-state index is 0.376. The standard InChI is InChI=1S/C13H18N2O/c1-9(2)11-7-12(15(4)8-14)10(3)6-13(11)16-5/h6-7,9H,1-5H3. The normalized spacial score (nSPS) is 10.1. The van der Waals surface area contributed by atoms with Crippen LogP contribution >= 0.6 is 0 Å². The minimum absolute atomic E-state index is 0.376. The van der Waals surface area contributed by atoms with Crippen molar-refractivity contribution in [1.29, 1.82) is 5.26 Å². The third kappa shape index (κ3) is 2.27. The third-order valence-corrected chi connectivity index (χ3v) is 2.68. The van der Waals surface area contributed by atoms with Crippen molar-refractivity contribution in [3.05, 3.63) is 23.3 Å². The average Bonchev–Trinajstić information content (AvgIpc) is 2.27. The molecule has 0 spiro atoms. The fraction of sp³-hybridized carbons (Fsp3) is 0.462. The summed E-state index contributed by atoms with van der Waals surface area (Å²) in [4.78, 5) is 1.57. The van der Waals surface area contributed by atoms with Crippen molar-refractivity contribution >= 4 is 5.69 Å². The van der Waals surface area contributed by atoms with Crippen molar-refractivity contribution < 1.29 is 4.74 Å². The number of rotatable bonds is 3. The van der Waals surface area contributed by atoms with Crippen molar-refractivity contribution in [2.45, 2.75) is 26.7 Å². The highest BCUT2D eigenvalue weighted by Gasteiger charge is 2.13. The molecular weight excluding hydrogens is 200 g/mol. The first-order valence-corrected chi connectivity index (χ1v) is 5.33. The highest BCUT2D eigenvalue weighted by Crippen LogP contribution is 2.33. The van der Waals surface area contributed by atoms with Crippen LogP contribution < -0.4 is 9.64 Å². The molecule has 3 nitrogen and oxygen atoms in total. The lowest BCUT2D eigenvalue weighted by Crippen LogP contribution is -2.11. The summed E-state index contributed by atoms with van der Waals surface area (Å²) in [5, 5.41) is 8.91. The molecule has 0 bridgehead atoms. The Kier molecular flexibility index (Phi) is 3.78. The van der Waals surface area contributed by atoms with Crippen LogP contribution in [0.2, 0.25) is 0 Å². The van der Waals surface area contributed by atoms with Gasteiger partial charge in [-0.15, -0.1) is 0 Å². The van der Waals surface area contributed by atoms with E-state index in [2.05, 4.69) is 20.0 Å². The van der Waals surface area contributed by atoms with Crippen molar-refractivity contribution in [3.8, 4) is 11.9 Å². The highest BCUT2D eigenvalue weighted by molar-refractivity contribution is 5.61. The molecule has 0 saturated carbocycles. The number of aryl methyl sites for hydroxylation is 1. The number of hydrogen-bond donors (Lipinski definition) is 0. The fourth-order valence-electron chi connectivity index (χ4n) is 1.73. The highest BCUT2D eigenvalue weighted by atomic mass is 16.5. The van der Waals surface area contributed by atoms with Gasteiger partial charge in [0.25, 0.3) is 0 Å². The molecule has 0 radical (unpaired) electrons. The summed E-state index contributed by atoms with van der Waals surface area (Å²) >= 11 is 0. The first kappa shape index (κ1) is 12.4. The number of methoxy groups -OCH3 is 1. The Hall–Kier alpha value is -1.69. The summed E-state index contributed by atoms with van der Waals surface area (Å²) in [6.45, 7) is 6.21. The van der Waals surface area contributed by atoms with Gasteiger partial charge in [-0.05, 0) is 36.1 Å². The van der Waals surface area contributed by atoms with Gasteiger partial charge >= 0.3 is 0 Å². The van der Waals surface area contributed by atoms with Gasteiger partial charge in [0.15, 0.2) is 6.19 Å². The SMILES string of the molecule is COc1cc(C)c(N(C)C#N)cc1C(C)C. The van der Waals surface area contributed by atoms with Gasteiger partial charge in [0.05, 0.1) is 12.8 Å². The number of ether oxygens (including phenoxy) is 1. The van der Waals surface area contributed by atoms with Gasteiger partial charge in [0, 0.05) is 7.05 Å². The van der Waals surface area contributed by atoms with Crippen LogP contribution in [0.5, 0.6) is 5.75 Å². The van der Waals surface area contributed by atoms with Gasteiger partial charge in [-0.1, -0.05) is 13.8 Å². The Morgan fingerprint density at radius 2 is 2.00 bits per heavy atom. The molecule has 16 heavy (non-hydrogen) atoms. The number of anilines is 1. The predicted octanol–water partition coefficient (Wildman–Crippen LogP) is 3.04. The summed E-state index contributed by atoms with van der Waals surface area (Å²) in [7, 11) is 3.44. The molecular formula is C13H18N2O. The van der Waals surface area contributed by atoms with Crippen molar-refractivity contribution in [1.82, 2.24) is 0 Å². The first-order chi connectivity index (χ1) is 7.51. The van der Waals surface area contributed by atoms with Crippen LogP contribution in [0.1, 0.15) is 30.9 Å². The number of nitrogens with zero attached hydrogens (tertiary/aromatic N) is 2. The molecule has 0 unspecified atom stereocenters. The number of benzene rings is 1. The molecule has 3 heteroatoms. The summed E-state index contributed by atoms with van der Waals surface area (Å²) < 4.78 is 5.35. The van der Waals surface area contributed by atoms with Gasteiger partial charge in [-0.25, -0.2) is 0 Å². The Bertz CT molecular complexity index is 419. The topological polar surface area (TPSA) is 36.3 Å². The lowest BCUT2D eigenvalue weighted by molar-refractivity contribution is 0.407. The van der Waals surface area contributed by atoms with Gasteiger partial charge < -0.3 is 4.74 Å². The van der Waals surface area contributed by atoms with Crippen LogP contribution in [-0.4, -0.2) is 14.2 Å². The summed E-state index contributed by atoms with van der Waals surface area (Å²) in [5.41, 5.74) is 3.11. The van der Waals surface area contributed by atoms with E-state index in [1.54, 1.807) is 19.1 Å². The molecule has 0 saturated heterocycles. The van der Waals surface area contributed by atoms with Gasteiger partial charge in [0.2, 0.25) is 0 Å². The summed E-state index contributed by atoms with van der Waals surface area (Å²) in [5.74, 6) is 1.27. The monoisotopic (exact) mass is 218 g/mol. The maximum Gasteiger partial charge on any atom is 0.184 e.